The van der Waals surface area contributed by atoms with Gasteiger partial charge in [0.15, 0.2) is 0 Å². The van der Waals surface area contributed by atoms with Gasteiger partial charge in [-0.2, -0.15) is 5.10 Å². The monoisotopic (exact) mass is 284 g/mol. The number of alkyl halides is 1. The fraction of sp³-hybridized carbons (Fsp3) is 0.357. The smallest absolute Gasteiger partial charge is 0.131 e. The van der Waals surface area contributed by atoms with E-state index in [0.29, 0.717) is 0 Å². The van der Waals surface area contributed by atoms with Crippen LogP contribution in [-0.2, 0) is 6.54 Å². The standard InChI is InChI=1S/C14H15ClF2N2/c1-8(15)14-9(2)18-19(10(14)3)7-11-12(16)5-4-6-13(11)17/h4-6,8H,7H2,1-3H3. The molecule has 0 saturated heterocycles. The summed E-state index contributed by atoms with van der Waals surface area (Å²) in [6.07, 6.45) is 0. The zero-order valence-corrected chi connectivity index (χ0v) is 11.8. The largest absolute Gasteiger partial charge is 0.265 e. The van der Waals surface area contributed by atoms with E-state index in [1.54, 1.807) is 4.68 Å². The van der Waals surface area contributed by atoms with E-state index in [9.17, 15) is 8.78 Å². The highest BCUT2D eigenvalue weighted by molar-refractivity contribution is 6.20. The molecule has 2 nitrogen and oxygen atoms in total. The first kappa shape index (κ1) is 14.0. The first-order chi connectivity index (χ1) is 8.91. The van der Waals surface area contributed by atoms with E-state index in [1.807, 2.05) is 20.8 Å². The molecule has 1 aromatic heterocycles. The van der Waals surface area contributed by atoms with Crippen LogP contribution < -0.4 is 0 Å². The Hall–Kier alpha value is -1.42. The van der Waals surface area contributed by atoms with Gasteiger partial charge in [-0.15, -0.1) is 11.6 Å². The summed E-state index contributed by atoms with van der Waals surface area (Å²) in [7, 11) is 0. The predicted molar refractivity (Wildman–Crippen MR) is 71.4 cm³/mol. The average molecular weight is 285 g/mol. The van der Waals surface area contributed by atoms with Gasteiger partial charge in [-0.25, -0.2) is 8.78 Å². The second-order valence-electron chi connectivity index (χ2n) is 4.56. The summed E-state index contributed by atoms with van der Waals surface area (Å²) < 4.78 is 28.8. The minimum absolute atomic E-state index is 0.0156. The van der Waals surface area contributed by atoms with Crippen LogP contribution in [0.25, 0.3) is 0 Å². The second-order valence-corrected chi connectivity index (χ2v) is 5.21. The number of aromatic nitrogens is 2. The highest BCUT2D eigenvalue weighted by Crippen LogP contribution is 2.27. The molecule has 1 aromatic carbocycles. The van der Waals surface area contributed by atoms with Gasteiger partial charge in [0.25, 0.3) is 0 Å². The molecule has 0 aliphatic carbocycles. The topological polar surface area (TPSA) is 17.8 Å². The van der Waals surface area contributed by atoms with Crippen molar-refractivity contribution in [2.24, 2.45) is 0 Å². The lowest BCUT2D eigenvalue weighted by atomic mass is 10.1. The van der Waals surface area contributed by atoms with Crippen LogP contribution >= 0.6 is 11.6 Å². The lowest BCUT2D eigenvalue weighted by Gasteiger charge is -2.08. The molecule has 0 spiro atoms. The van der Waals surface area contributed by atoms with Crippen LogP contribution in [0.2, 0.25) is 0 Å². The maximum absolute atomic E-state index is 13.6. The zero-order valence-electron chi connectivity index (χ0n) is 11.0. The van der Waals surface area contributed by atoms with Gasteiger partial charge in [-0.3, -0.25) is 4.68 Å². The molecule has 5 heteroatoms. The number of hydrogen-bond acceptors (Lipinski definition) is 1. The van der Waals surface area contributed by atoms with Crippen LogP contribution in [0.5, 0.6) is 0 Å². The van der Waals surface area contributed by atoms with E-state index in [-0.39, 0.29) is 17.5 Å². The molecule has 0 aliphatic rings. The Morgan fingerprint density at radius 2 is 1.84 bits per heavy atom. The second kappa shape index (κ2) is 5.29. The van der Waals surface area contributed by atoms with E-state index in [1.165, 1.54) is 18.2 Å². The summed E-state index contributed by atoms with van der Waals surface area (Å²) >= 11 is 6.09. The van der Waals surface area contributed by atoms with Crippen LogP contribution in [0.3, 0.4) is 0 Å². The Labute approximate surface area is 116 Å². The minimum atomic E-state index is -0.562. The summed E-state index contributed by atoms with van der Waals surface area (Å²) in [5, 5.41) is 4.13. The maximum Gasteiger partial charge on any atom is 0.131 e. The first-order valence-corrected chi connectivity index (χ1v) is 6.46. The van der Waals surface area contributed by atoms with Crippen molar-refractivity contribution in [1.82, 2.24) is 9.78 Å². The number of benzene rings is 1. The van der Waals surface area contributed by atoms with Crippen molar-refractivity contribution in [1.29, 1.82) is 0 Å². The first-order valence-electron chi connectivity index (χ1n) is 6.02. The molecule has 1 atom stereocenters. The predicted octanol–water partition coefficient (Wildman–Crippen LogP) is 4.13. The Balaban J connectivity index is 2.42. The molecule has 0 bridgehead atoms. The Morgan fingerprint density at radius 1 is 1.26 bits per heavy atom. The van der Waals surface area contributed by atoms with Crippen LogP contribution in [0, 0.1) is 25.5 Å². The van der Waals surface area contributed by atoms with Gasteiger partial charge in [-0.1, -0.05) is 6.07 Å². The minimum Gasteiger partial charge on any atom is -0.265 e. The molecule has 19 heavy (non-hydrogen) atoms. The number of rotatable bonds is 3. The zero-order chi connectivity index (χ0) is 14.2. The molecular weight excluding hydrogens is 270 g/mol. The number of nitrogens with zero attached hydrogens (tertiary/aromatic N) is 2. The lowest BCUT2D eigenvalue weighted by molar-refractivity contribution is 0.528. The normalized spacial score (nSPS) is 12.7. The fourth-order valence-electron chi connectivity index (χ4n) is 2.27. The van der Waals surface area contributed by atoms with E-state index in [4.69, 9.17) is 11.6 Å². The summed E-state index contributed by atoms with van der Waals surface area (Å²) in [6, 6.07) is 3.84. The van der Waals surface area contributed by atoms with Crippen LogP contribution in [0.4, 0.5) is 8.78 Å². The number of halogens is 3. The van der Waals surface area contributed by atoms with Crippen molar-refractivity contribution >= 4 is 11.6 Å². The van der Waals surface area contributed by atoms with Crippen molar-refractivity contribution in [3.63, 3.8) is 0 Å². The highest BCUT2D eigenvalue weighted by atomic mass is 35.5. The Kier molecular flexibility index (Phi) is 3.90. The summed E-state index contributed by atoms with van der Waals surface area (Å²) in [4.78, 5) is 0. The van der Waals surface area contributed by atoms with Crippen molar-refractivity contribution in [2.75, 3.05) is 0 Å². The molecule has 0 fully saturated rings. The van der Waals surface area contributed by atoms with E-state index in [2.05, 4.69) is 5.10 Å². The third-order valence-electron chi connectivity index (χ3n) is 3.20. The molecule has 1 heterocycles. The van der Waals surface area contributed by atoms with Crippen molar-refractivity contribution in [2.45, 2.75) is 32.7 Å². The molecule has 1 unspecified atom stereocenters. The van der Waals surface area contributed by atoms with Crippen LogP contribution in [-0.4, -0.2) is 9.78 Å². The third kappa shape index (κ3) is 2.63. The van der Waals surface area contributed by atoms with Gasteiger partial charge in [0.1, 0.15) is 11.6 Å². The summed E-state index contributed by atoms with van der Waals surface area (Å²) in [5.41, 5.74) is 2.56. The molecule has 102 valence electrons. The summed E-state index contributed by atoms with van der Waals surface area (Å²) in [6.45, 7) is 5.61. The Morgan fingerprint density at radius 3 is 2.32 bits per heavy atom. The summed E-state index contributed by atoms with van der Waals surface area (Å²) in [5.74, 6) is -1.12. The quantitative estimate of drug-likeness (QED) is 0.775. The van der Waals surface area contributed by atoms with Crippen LogP contribution in [0.15, 0.2) is 18.2 Å². The molecule has 0 saturated carbocycles. The third-order valence-corrected chi connectivity index (χ3v) is 3.42. The molecule has 0 aliphatic heterocycles. The molecule has 2 rings (SSSR count). The van der Waals surface area contributed by atoms with Gasteiger partial charge < -0.3 is 0 Å². The van der Waals surface area contributed by atoms with E-state index < -0.39 is 11.6 Å². The maximum atomic E-state index is 13.6. The molecule has 2 aromatic rings. The molecule has 0 N–H and O–H groups in total. The lowest BCUT2D eigenvalue weighted by Crippen LogP contribution is -2.08. The molecular formula is C14H15ClF2N2. The fourth-order valence-corrected chi connectivity index (χ4v) is 2.59. The van der Waals surface area contributed by atoms with Gasteiger partial charge in [-0.05, 0) is 32.9 Å². The van der Waals surface area contributed by atoms with E-state index in [0.717, 1.165) is 17.0 Å². The van der Waals surface area contributed by atoms with Gasteiger partial charge in [0, 0.05) is 16.8 Å². The van der Waals surface area contributed by atoms with E-state index >= 15 is 0 Å². The van der Waals surface area contributed by atoms with Gasteiger partial charge in [0.2, 0.25) is 0 Å². The molecule has 0 radical (unpaired) electrons. The number of hydrogen-bond donors (Lipinski definition) is 0. The SMILES string of the molecule is Cc1nn(Cc2c(F)cccc2F)c(C)c1C(C)Cl. The average Bonchev–Trinajstić information content (AvgIpc) is 2.59. The number of aryl methyl sites for hydroxylation is 1. The Bertz CT molecular complexity index is 585. The van der Waals surface area contributed by atoms with Gasteiger partial charge >= 0.3 is 0 Å². The molecule has 0 amide bonds. The van der Waals surface area contributed by atoms with Crippen molar-refractivity contribution in [3.8, 4) is 0 Å². The highest BCUT2D eigenvalue weighted by Gasteiger charge is 2.17. The van der Waals surface area contributed by atoms with Gasteiger partial charge in [0.05, 0.1) is 17.6 Å². The van der Waals surface area contributed by atoms with Crippen LogP contribution in [0.1, 0.15) is 34.8 Å². The van der Waals surface area contributed by atoms with Crippen molar-refractivity contribution in [3.05, 3.63) is 52.3 Å². The van der Waals surface area contributed by atoms with Crippen molar-refractivity contribution < 1.29 is 8.78 Å².